The molecule has 2 aromatic carbocycles. The molecular weight excluding hydrogens is 330 g/mol. The zero-order valence-corrected chi connectivity index (χ0v) is 14.0. The van der Waals surface area contributed by atoms with E-state index < -0.39 is 14.9 Å². The van der Waals surface area contributed by atoms with Crippen molar-refractivity contribution in [2.24, 2.45) is 0 Å². The summed E-state index contributed by atoms with van der Waals surface area (Å²) in [6, 6.07) is 14.3. The fourth-order valence-electron chi connectivity index (χ4n) is 2.15. The molecule has 0 aromatic heterocycles. The van der Waals surface area contributed by atoms with Crippen molar-refractivity contribution in [3.8, 4) is 0 Å². The average molecular weight is 349 g/mol. The first-order valence-corrected chi connectivity index (χ1v) is 8.88. The number of nitro groups is 1. The summed E-state index contributed by atoms with van der Waals surface area (Å²) in [7, 11) is -3.71. The van der Waals surface area contributed by atoms with E-state index in [1.807, 2.05) is 30.3 Å². The maximum Gasteiger partial charge on any atom is 0.269 e. The van der Waals surface area contributed by atoms with E-state index in [-0.39, 0.29) is 16.6 Å². The second-order valence-corrected chi connectivity index (χ2v) is 7.10. The van der Waals surface area contributed by atoms with Crippen molar-refractivity contribution in [3.63, 3.8) is 0 Å². The Labute approximate surface area is 140 Å². The van der Waals surface area contributed by atoms with Crippen LogP contribution in [0.4, 0.5) is 5.69 Å². The summed E-state index contributed by atoms with van der Waals surface area (Å²) in [5.41, 5.74) is 0.967. The van der Waals surface area contributed by atoms with Gasteiger partial charge in [0.1, 0.15) is 0 Å². The van der Waals surface area contributed by atoms with Gasteiger partial charge in [-0.25, -0.2) is 13.1 Å². The maximum atomic E-state index is 12.2. The van der Waals surface area contributed by atoms with Gasteiger partial charge in [0.05, 0.1) is 9.82 Å². The summed E-state index contributed by atoms with van der Waals surface area (Å²) in [5, 5.41) is 13.8. The quantitative estimate of drug-likeness (QED) is 0.561. The predicted molar refractivity (Wildman–Crippen MR) is 91.0 cm³/mol. The topological polar surface area (TPSA) is 101 Å². The van der Waals surface area contributed by atoms with Crippen molar-refractivity contribution in [2.75, 3.05) is 6.54 Å². The molecule has 0 aliphatic heterocycles. The lowest BCUT2D eigenvalue weighted by atomic mass is 10.2. The van der Waals surface area contributed by atoms with Gasteiger partial charge in [0, 0.05) is 31.3 Å². The van der Waals surface area contributed by atoms with Gasteiger partial charge in [0.25, 0.3) is 5.69 Å². The zero-order valence-electron chi connectivity index (χ0n) is 13.2. The SMILES string of the molecule is C[C@H](CNCc1ccccc1)NS(=O)(=O)c1ccc([N+](=O)[O-])cc1. The first-order chi connectivity index (χ1) is 11.4. The largest absolute Gasteiger partial charge is 0.311 e. The van der Waals surface area contributed by atoms with Gasteiger partial charge in [0.2, 0.25) is 10.0 Å². The summed E-state index contributed by atoms with van der Waals surface area (Å²) in [6.07, 6.45) is 0. The zero-order chi connectivity index (χ0) is 17.6. The molecule has 0 amide bonds. The van der Waals surface area contributed by atoms with Crippen LogP contribution in [0.3, 0.4) is 0 Å². The maximum absolute atomic E-state index is 12.2. The minimum Gasteiger partial charge on any atom is -0.311 e. The van der Waals surface area contributed by atoms with Gasteiger partial charge in [0.15, 0.2) is 0 Å². The molecule has 8 heteroatoms. The van der Waals surface area contributed by atoms with E-state index in [1.54, 1.807) is 6.92 Å². The highest BCUT2D eigenvalue weighted by molar-refractivity contribution is 7.89. The van der Waals surface area contributed by atoms with E-state index in [9.17, 15) is 18.5 Å². The third-order valence-electron chi connectivity index (χ3n) is 3.34. The lowest BCUT2D eigenvalue weighted by Gasteiger charge is -2.15. The van der Waals surface area contributed by atoms with Crippen molar-refractivity contribution in [3.05, 3.63) is 70.3 Å². The van der Waals surface area contributed by atoms with Crippen LogP contribution in [0, 0.1) is 10.1 Å². The van der Waals surface area contributed by atoms with Crippen molar-refractivity contribution in [2.45, 2.75) is 24.4 Å². The molecule has 0 fully saturated rings. The number of rotatable bonds is 8. The minimum absolute atomic E-state index is 0.00279. The second kappa shape index (κ2) is 8.00. The fourth-order valence-corrected chi connectivity index (χ4v) is 3.39. The standard InChI is InChI=1S/C16H19N3O4S/c1-13(11-17-12-14-5-3-2-4-6-14)18-24(22,23)16-9-7-15(8-10-16)19(20)21/h2-10,13,17-18H,11-12H2,1H3/t13-/m1/s1. The third-order valence-corrected chi connectivity index (χ3v) is 4.94. The van der Waals surface area contributed by atoms with E-state index in [0.29, 0.717) is 13.1 Å². The molecule has 7 nitrogen and oxygen atoms in total. The number of hydrogen-bond acceptors (Lipinski definition) is 5. The first kappa shape index (κ1) is 18.1. The number of nitro benzene ring substituents is 1. The molecule has 0 aliphatic carbocycles. The number of nitrogens with one attached hydrogen (secondary N) is 2. The molecular formula is C16H19N3O4S. The van der Waals surface area contributed by atoms with Crippen LogP contribution in [0.5, 0.6) is 0 Å². The Balaban J connectivity index is 1.89. The molecule has 2 N–H and O–H groups in total. The van der Waals surface area contributed by atoms with Crippen LogP contribution >= 0.6 is 0 Å². The Morgan fingerprint density at radius 2 is 1.71 bits per heavy atom. The number of hydrogen-bond donors (Lipinski definition) is 2. The molecule has 2 rings (SSSR count). The lowest BCUT2D eigenvalue weighted by Crippen LogP contribution is -2.39. The third kappa shape index (κ3) is 5.12. The Hall–Kier alpha value is -2.29. The van der Waals surface area contributed by atoms with Crippen LogP contribution in [0.15, 0.2) is 59.5 Å². The highest BCUT2D eigenvalue weighted by Crippen LogP contribution is 2.15. The molecule has 0 heterocycles. The van der Waals surface area contributed by atoms with Crippen LogP contribution in [-0.2, 0) is 16.6 Å². The lowest BCUT2D eigenvalue weighted by molar-refractivity contribution is -0.384. The monoisotopic (exact) mass is 349 g/mol. The molecule has 0 saturated heterocycles. The van der Waals surface area contributed by atoms with Crippen LogP contribution < -0.4 is 10.0 Å². The average Bonchev–Trinajstić information content (AvgIpc) is 2.55. The Kier molecular flexibility index (Phi) is 6.02. The number of sulfonamides is 1. The van der Waals surface area contributed by atoms with E-state index in [4.69, 9.17) is 0 Å². The predicted octanol–water partition coefficient (Wildman–Crippen LogP) is 2.05. The van der Waals surface area contributed by atoms with Gasteiger partial charge in [-0.2, -0.15) is 0 Å². The van der Waals surface area contributed by atoms with Gasteiger partial charge in [-0.3, -0.25) is 10.1 Å². The van der Waals surface area contributed by atoms with E-state index in [2.05, 4.69) is 10.0 Å². The van der Waals surface area contributed by atoms with Crippen LogP contribution in [0.2, 0.25) is 0 Å². The molecule has 0 aliphatic rings. The highest BCUT2D eigenvalue weighted by atomic mass is 32.2. The number of nitrogens with zero attached hydrogens (tertiary/aromatic N) is 1. The van der Waals surface area contributed by atoms with Gasteiger partial charge >= 0.3 is 0 Å². The molecule has 2 aromatic rings. The smallest absolute Gasteiger partial charge is 0.269 e. The van der Waals surface area contributed by atoms with Crippen molar-refractivity contribution in [1.82, 2.24) is 10.0 Å². The van der Waals surface area contributed by atoms with Crippen molar-refractivity contribution < 1.29 is 13.3 Å². The molecule has 128 valence electrons. The van der Waals surface area contributed by atoms with Crippen LogP contribution in [0.1, 0.15) is 12.5 Å². The summed E-state index contributed by atoms with van der Waals surface area (Å²) < 4.78 is 27.0. The minimum atomic E-state index is -3.71. The molecule has 1 atom stereocenters. The van der Waals surface area contributed by atoms with Crippen molar-refractivity contribution in [1.29, 1.82) is 0 Å². The Morgan fingerprint density at radius 1 is 1.08 bits per heavy atom. The van der Waals surface area contributed by atoms with Crippen LogP contribution in [-0.4, -0.2) is 25.9 Å². The van der Waals surface area contributed by atoms with E-state index in [1.165, 1.54) is 24.3 Å². The summed E-state index contributed by atoms with van der Waals surface area (Å²) >= 11 is 0. The molecule has 24 heavy (non-hydrogen) atoms. The van der Waals surface area contributed by atoms with Crippen molar-refractivity contribution >= 4 is 15.7 Å². The van der Waals surface area contributed by atoms with Gasteiger partial charge in [-0.05, 0) is 24.6 Å². The Morgan fingerprint density at radius 3 is 2.29 bits per heavy atom. The number of non-ortho nitro benzene ring substituents is 1. The number of benzene rings is 2. The molecule has 0 radical (unpaired) electrons. The van der Waals surface area contributed by atoms with E-state index >= 15 is 0 Å². The van der Waals surface area contributed by atoms with Gasteiger partial charge in [-0.15, -0.1) is 0 Å². The molecule has 0 unspecified atom stereocenters. The highest BCUT2D eigenvalue weighted by Gasteiger charge is 2.18. The second-order valence-electron chi connectivity index (χ2n) is 5.39. The molecule has 0 saturated carbocycles. The normalized spacial score (nSPS) is 12.7. The van der Waals surface area contributed by atoms with Gasteiger partial charge < -0.3 is 5.32 Å². The first-order valence-electron chi connectivity index (χ1n) is 7.40. The summed E-state index contributed by atoms with van der Waals surface area (Å²) in [5.74, 6) is 0. The molecule has 0 spiro atoms. The fraction of sp³-hybridized carbons (Fsp3) is 0.250. The molecule has 0 bridgehead atoms. The summed E-state index contributed by atoms with van der Waals surface area (Å²) in [4.78, 5) is 10.0. The van der Waals surface area contributed by atoms with E-state index in [0.717, 1.165) is 5.56 Å². The summed E-state index contributed by atoms with van der Waals surface area (Å²) in [6.45, 7) is 2.85. The Bertz CT molecular complexity index is 777. The van der Waals surface area contributed by atoms with Crippen LogP contribution in [0.25, 0.3) is 0 Å². The van der Waals surface area contributed by atoms with Gasteiger partial charge in [-0.1, -0.05) is 30.3 Å².